The van der Waals surface area contributed by atoms with Gasteiger partial charge in [-0.25, -0.2) is 0 Å². The number of amides is 1. The number of carbonyl (C=O) groups excluding carboxylic acids is 1. The van der Waals surface area contributed by atoms with Gasteiger partial charge in [-0.05, 0) is 41.4 Å². The first-order valence-electron chi connectivity index (χ1n) is 6.32. The van der Waals surface area contributed by atoms with Crippen molar-refractivity contribution in [2.75, 3.05) is 6.54 Å². The summed E-state index contributed by atoms with van der Waals surface area (Å²) in [7, 11) is 0. The topological polar surface area (TPSA) is 51.9 Å². The zero-order valence-electron chi connectivity index (χ0n) is 10.8. The number of nitrogens with one attached hydrogen (secondary N) is 1. The molecule has 1 N–H and O–H groups in total. The van der Waals surface area contributed by atoms with Crippen LogP contribution in [0.1, 0.15) is 23.8 Å². The Bertz CT molecular complexity index is 533. The summed E-state index contributed by atoms with van der Waals surface area (Å²) in [6.45, 7) is 4.25. The molecule has 1 amide bonds. The van der Waals surface area contributed by atoms with Gasteiger partial charge in [0.2, 0.25) is 0 Å². The molecule has 0 fully saturated rings. The maximum absolute atomic E-state index is 12.0. The third kappa shape index (κ3) is 3.70. The van der Waals surface area contributed by atoms with Gasteiger partial charge in [-0.2, -0.15) is 5.10 Å². The van der Waals surface area contributed by atoms with Gasteiger partial charge >= 0.3 is 0 Å². The van der Waals surface area contributed by atoms with Crippen LogP contribution in [0.4, 0.5) is 0 Å². The average Bonchev–Trinajstić information content (AvgIpc) is 3.03. The van der Waals surface area contributed by atoms with Gasteiger partial charge in [-0.15, -0.1) is 0 Å². The lowest BCUT2D eigenvalue weighted by atomic mass is 10.3. The Morgan fingerprint density at radius 3 is 3.05 bits per heavy atom. The maximum Gasteiger partial charge on any atom is 0.267 e. The van der Waals surface area contributed by atoms with Crippen molar-refractivity contribution < 1.29 is 4.79 Å². The van der Waals surface area contributed by atoms with E-state index in [-0.39, 0.29) is 5.91 Å². The van der Waals surface area contributed by atoms with Gasteiger partial charge in [-0.1, -0.05) is 0 Å². The van der Waals surface area contributed by atoms with E-state index in [0.29, 0.717) is 12.2 Å². The molecule has 2 heterocycles. The largest absolute Gasteiger partial charge is 0.351 e. The van der Waals surface area contributed by atoms with Gasteiger partial charge in [0.15, 0.2) is 0 Å². The SMILES string of the molecule is CCn1cc(Br)cc1C(=O)NCCCn1cccn1. The minimum atomic E-state index is -0.0342. The van der Waals surface area contributed by atoms with E-state index in [1.807, 2.05) is 40.7 Å². The molecular weight excluding hydrogens is 308 g/mol. The Morgan fingerprint density at radius 2 is 2.37 bits per heavy atom. The van der Waals surface area contributed by atoms with E-state index in [1.54, 1.807) is 6.20 Å². The fourth-order valence-corrected chi connectivity index (χ4v) is 2.36. The minimum Gasteiger partial charge on any atom is -0.351 e. The predicted octanol–water partition coefficient (Wildman–Crippen LogP) is 2.29. The van der Waals surface area contributed by atoms with E-state index in [1.165, 1.54) is 0 Å². The summed E-state index contributed by atoms with van der Waals surface area (Å²) in [5.74, 6) is -0.0342. The molecule has 2 aromatic rings. The lowest BCUT2D eigenvalue weighted by Gasteiger charge is -2.07. The van der Waals surface area contributed by atoms with Crippen molar-refractivity contribution >= 4 is 21.8 Å². The van der Waals surface area contributed by atoms with Gasteiger partial charge in [0, 0.05) is 42.7 Å². The number of hydrogen-bond donors (Lipinski definition) is 1. The number of carbonyl (C=O) groups is 1. The highest BCUT2D eigenvalue weighted by Crippen LogP contribution is 2.14. The molecule has 102 valence electrons. The Kier molecular flexibility index (Phi) is 4.79. The Morgan fingerprint density at radius 1 is 1.53 bits per heavy atom. The number of aryl methyl sites for hydroxylation is 2. The summed E-state index contributed by atoms with van der Waals surface area (Å²) < 4.78 is 4.71. The van der Waals surface area contributed by atoms with Gasteiger partial charge in [0.05, 0.1) is 0 Å². The van der Waals surface area contributed by atoms with Crippen molar-refractivity contribution in [3.8, 4) is 0 Å². The van der Waals surface area contributed by atoms with Crippen molar-refractivity contribution in [2.45, 2.75) is 26.4 Å². The van der Waals surface area contributed by atoms with Crippen LogP contribution in [0.25, 0.3) is 0 Å². The molecule has 2 aromatic heterocycles. The van der Waals surface area contributed by atoms with E-state index in [9.17, 15) is 4.79 Å². The fraction of sp³-hybridized carbons (Fsp3) is 0.385. The van der Waals surface area contributed by atoms with Crippen LogP contribution >= 0.6 is 15.9 Å². The second kappa shape index (κ2) is 6.56. The van der Waals surface area contributed by atoms with Gasteiger partial charge in [-0.3, -0.25) is 9.48 Å². The first kappa shape index (κ1) is 13.9. The standard InChI is InChI=1S/C13H17BrN4O/c1-2-17-10-11(14)9-12(17)13(19)15-5-3-7-18-8-4-6-16-18/h4,6,8-10H,2-3,5,7H2,1H3,(H,15,19). The van der Waals surface area contributed by atoms with Crippen LogP contribution in [-0.4, -0.2) is 26.8 Å². The minimum absolute atomic E-state index is 0.0342. The summed E-state index contributed by atoms with van der Waals surface area (Å²) in [6.07, 6.45) is 6.45. The Labute approximate surface area is 120 Å². The number of hydrogen-bond acceptors (Lipinski definition) is 2. The molecule has 0 aliphatic rings. The summed E-state index contributed by atoms with van der Waals surface area (Å²) in [6, 6.07) is 3.73. The quantitative estimate of drug-likeness (QED) is 0.829. The van der Waals surface area contributed by atoms with Crippen molar-refractivity contribution in [3.05, 3.63) is 40.9 Å². The molecule has 0 saturated heterocycles. The third-order valence-electron chi connectivity index (χ3n) is 2.85. The first-order chi connectivity index (χ1) is 9.20. The summed E-state index contributed by atoms with van der Waals surface area (Å²) >= 11 is 3.39. The number of halogens is 1. The summed E-state index contributed by atoms with van der Waals surface area (Å²) in [5, 5.41) is 7.04. The normalized spacial score (nSPS) is 10.6. The molecule has 0 bridgehead atoms. The van der Waals surface area contributed by atoms with Gasteiger partial charge in [0.1, 0.15) is 5.69 Å². The molecule has 0 unspecified atom stereocenters. The Hall–Kier alpha value is -1.56. The molecule has 5 nitrogen and oxygen atoms in total. The van der Waals surface area contributed by atoms with Crippen LogP contribution in [0, 0.1) is 0 Å². The van der Waals surface area contributed by atoms with E-state index in [0.717, 1.165) is 24.0 Å². The van der Waals surface area contributed by atoms with Gasteiger partial charge in [0.25, 0.3) is 5.91 Å². The fourth-order valence-electron chi connectivity index (χ4n) is 1.89. The smallest absolute Gasteiger partial charge is 0.267 e. The second-order valence-corrected chi connectivity index (χ2v) is 5.12. The lowest BCUT2D eigenvalue weighted by Crippen LogP contribution is -2.27. The predicted molar refractivity (Wildman–Crippen MR) is 77.0 cm³/mol. The second-order valence-electron chi connectivity index (χ2n) is 4.21. The van der Waals surface area contributed by atoms with Crippen LogP contribution in [0.3, 0.4) is 0 Å². The summed E-state index contributed by atoms with van der Waals surface area (Å²) in [4.78, 5) is 12.0. The molecule has 0 saturated carbocycles. The molecular formula is C13H17BrN4O. The zero-order chi connectivity index (χ0) is 13.7. The molecule has 0 radical (unpaired) electrons. The molecule has 19 heavy (non-hydrogen) atoms. The van der Waals surface area contributed by atoms with Crippen molar-refractivity contribution in [3.63, 3.8) is 0 Å². The highest BCUT2D eigenvalue weighted by molar-refractivity contribution is 9.10. The van der Waals surface area contributed by atoms with Crippen LogP contribution in [-0.2, 0) is 13.1 Å². The highest BCUT2D eigenvalue weighted by Gasteiger charge is 2.11. The molecule has 6 heteroatoms. The number of nitrogens with zero attached hydrogens (tertiary/aromatic N) is 3. The first-order valence-corrected chi connectivity index (χ1v) is 7.11. The molecule has 0 aromatic carbocycles. The van der Waals surface area contributed by atoms with Crippen LogP contribution in [0.15, 0.2) is 35.2 Å². The van der Waals surface area contributed by atoms with E-state index in [4.69, 9.17) is 0 Å². The molecule has 2 rings (SSSR count). The van der Waals surface area contributed by atoms with Crippen molar-refractivity contribution in [2.24, 2.45) is 0 Å². The van der Waals surface area contributed by atoms with E-state index >= 15 is 0 Å². The lowest BCUT2D eigenvalue weighted by molar-refractivity contribution is 0.0943. The monoisotopic (exact) mass is 324 g/mol. The van der Waals surface area contributed by atoms with E-state index < -0.39 is 0 Å². The van der Waals surface area contributed by atoms with Crippen LogP contribution < -0.4 is 5.32 Å². The van der Waals surface area contributed by atoms with Crippen molar-refractivity contribution in [1.29, 1.82) is 0 Å². The van der Waals surface area contributed by atoms with E-state index in [2.05, 4.69) is 26.3 Å². The number of rotatable bonds is 6. The third-order valence-corrected chi connectivity index (χ3v) is 3.28. The maximum atomic E-state index is 12.0. The van der Waals surface area contributed by atoms with Gasteiger partial charge < -0.3 is 9.88 Å². The molecule has 0 aliphatic heterocycles. The average molecular weight is 325 g/mol. The summed E-state index contributed by atoms with van der Waals surface area (Å²) in [5.41, 5.74) is 0.688. The van der Waals surface area contributed by atoms with Crippen LogP contribution in [0.5, 0.6) is 0 Å². The Balaban J connectivity index is 1.80. The van der Waals surface area contributed by atoms with Crippen molar-refractivity contribution in [1.82, 2.24) is 19.7 Å². The molecule has 0 aliphatic carbocycles. The molecule has 0 atom stereocenters. The van der Waals surface area contributed by atoms with Crippen LogP contribution in [0.2, 0.25) is 0 Å². The highest BCUT2D eigenvalue weighted by atomic mass is 79.9. The molecule has 0 spiro atoms. The number of aromatic nitrogens is 3. The zero-order valence-corrected chi connectivity index (χ0v) is 12.4.